The van der Waals surface area contributed by atoms with Crippen LogP contribution in [0.3, 0.4) is 0 Å². The number of nitriles is 1. The summed E-state index contributed by atoms with van der Waals surface area (Å²) in [6.07, 6.45) is 14.9. The SMILES string of the molecule is CC(C)Cc1c(Cl)ccc(O)c1F.CC(C)Cc1cc(Cl)ccc1-n1cncn1.CC(C)Cc1ccc2c(c1)CNC2.CC(C)Cc1n[nH]c2c1CCCC2.COc1ccc(Br)c(CC(C)C)c1C.COc1ccc(C#N)c(CC(C)C)c1F.COc1ccc(Cl)c(CC(C)C)c1C. The minimum Gasteiger partial charge on any atom is -0.505 e. The normalized spacial score (nSPS) is 12.0. The number of phenolic OH excluding ortho intramolecular Hbond substituents is 1. The average molecular weight is 1470 g/mol. The van der Waals surface area contributed by atoms with Gasteiger partial charge in [-0.2, -0.15) is 15.5 Å². The number of aromatic hydroxyl groups is 1. The smallest absolute Gasteiger partial charge is 0.169 e. The highest BCUT2D eigenvalue weighted by molar-refractivity contribution is 9.10. The number of aryl methyl sites for hydroxylation is 1. The number of benzene rings is 6. The minimum atomic E-state index is -0.596. The van der Waals surface area contributed by atoms with Gasteiger partial charge in [0.25, 0.3) is 0 Å². The maximum absolute atomic E-state index is 13.8. The van der Waals surface area contributed by atoms with Crippen molar-refractivity contribution >= 4 is 50.7 Å². The molecule has 0 radical (unpaired) electrons. The van der Waals surface area contributed by atoms with Gasteiger partial charge in [0.1, 0.15) is 24.2 Å². The van der Waals surface area contributed by atoms with E-state index in [2.05, 4.69) is 149 Å². The van der Waals surface area contributed by atoms with Crippen LogP contribution in [-0.4, -0.2) is 51.4 Å². The molecule has 0 atom stereocenters. The fraction of sp³-hybridized carbons (Fsp3) is 0.481. The molecule has 8 aromatic rings. The third kappa shape index (κ3) is 27.2. The number of aromatic nitrogens is 5. The second kappa shape index (κ2) is 42.6. The van der Waals surface area contributed by atoms with Gasteiger partial charge in [0.15, 0.2) is 23.1 Å². The summed E-state index contributed by atoms with van der Waals surface area (Å²) in [6.45, 7) is 36.5. The summed E-state index contributed by atoms with van der Waals surface area (Å²) in [5.41, 5.74) is 17.2. The highest BCUT2D eigenvalue weighted by Gasteiger charge is 2.19. The van der Waals surface area contributed by atoms with Crippen molar-refractivity contribution in [2.45, 2.75) is 194 Å². The summed E-state index contributed by atoms with van der Waals surface area (Å²) >= 11 is 21.5. The van der Waals surface area contributed by atoms with Gasteiger partial charge >= 0.3 is 0 Å². The topological polar surface area (TPSA) is 143 Å². The third-order valence-electron chi connectivity index (χ3n) is 16.2. The molecule has 2 aromatic heterocycles. The molecule has 0 bridgehead atoms. The van der Waals surface area contributed by atoms with E-state index in [0.29, 0.717) is 70.1 Å². The molecule has 11 nitrogen and oxygen atoms in total. The van der Waals surface area contributed by atoms with E-state index in [4.69, 9.17) is 59.4 Å². The Morgan fingerprint density at radius 2 is 1.11 bits per heavy atom. The number of nitrogens with one attached hydrogen (secondary N) is 2. The van der Waals surface area contributed by atoms with Gasteiger partial charge in [-0.15, -0.1) is 0 Å². The number of methoxy groups -OCH3 is 3. The fourth-order valence-electron chi connectivity index (χ4n) is 11.6. The Kier molecular flexibility index (Phi) is 36.5. The van der Waals surface area contributed by atoms with Crippen LogP contribution < -0.4 is 19.5 Å². The third-order valence-corrected chi connectivity index (χ3v) is 17.9. The number of halogens is 6. The first-order valence-corrected chi connectivity index (χ1v) is 36.4. The standard InChI is InChI=1S/C12H17BrO.C12H14ClN3.C12H17ClO.C12H14FNO.C12H17N.C11H18N2.C10H12ClFO/c1-8(2)7-10-9(3)12(14-4)6-5-11(10)13;1-9(2)5-10-6-11(13)3-4-12(10)16-8-14-7-15-16;1-8(2)7-10-9(3)12(14-4)6-5-11(10)13;1-8(2)6-10-9(7-14)4-5-11(15-3)12(10)13;1-9(2)5-10-3-4-11-7-13-8-12(11)6-10;1-8(2)7-11-9-5-3-4-6-10(9)12-13-11;1-6(2)5-7-8(11)3-4-9(13)10(7)12/h5-6,8H,7H2,1-4H3;3-4,6-9H,5H2,1-2H3;5-6,8H,7H2,1-4H3;4-5,8H,6H2,1-3H3;3-4,6,9,13H,5,7-8H2,1-2H3;8H,3-7H2,1-2H3,(H,12,13);3-4,6,13H,5H2,1-2H3. The summed E-state index contributed by atoms with van der Waals surface area (Å²) in [7, 11) is 4.83. The lowest BCUT2D eigenvalue weighted by atomic mass is 9.93. The average Bonchev–Trinajstić information content (AvgIpc) is 1.40. The van der Waals surface area contributed by atoms with Gasteiger partial charge in [-0.3, -0.25) is 5.10 Å². The second-order valence-corrected chi connectivity index (χ2v) is 30.2. The molecule has 3 N–H and O–H groups in total. The Hall–Kier alpha value is -6.47. The quantitative estimate of drug-likeness (QED) is 0.0765. The molecule has 10 rings (SSSR count). The number of aromatic amines is 1. The van der Waals surface area contributed by atoms with E-state index < -0.39 is 11.6 Å². The van der Waals surface area contributed by atoms with Gasteiger partial charge < -0.3 is 24.6 Å². The lowest BCUT2D eigenvalue weighted by molar-refractivity contribution is 0.382. The minimum absolute atomic E-state index is 0.199. The Labute approximate surface area is 609 Å². The molecule has 0 fully saturated rings. The zero-order chi connectivity index (χ0) is 72.9. The van der Waals surface area contributed by atoms with Crippen LogP contribution in [0, 0.1) is 78.2 Å². The number of hydrogen-bond donors (Lipinski definition) is 3. The molecule has 3 heterocycles. The summed E-state index contributed by atoms with van der Waals surface area (Å²) in [4.78, 5) is 3.96. The predicted octanol–water partition coefficient (Wildman–Crippen LogP) is 22.2. The first-order valence-electron chi connectivity index (χ1n) is 34.5. The van der Waals surface area contributed by atoms with Crippen molar-refractivity contribution in [3.8, 4) is 34.8 Å². The zero-order valence-electron chi connectivity index (χ0n) is 61.6. The lowest BCUT2D eigenvalue weighted by Gasteiger charge is -2.14. The number of ether oxygens (including phenoxy) is 3. The molecule has 1 aliphatic carbocycles. The molecule has 17 heteroatoms. The summed E-state index contributed by atoms with van der Waals surface area (Å²) in [6, 6.07) is 28.5. The van der Waals surface area contributed by atoms with Crippen LogP contribution in [0.1, 0.15) is 188 Å². The molecule has 98 heavy (non-hydrogen) atoms. The van der Waals surface area contributed by atoms with Crippen molar-refractivity contribution < 1.29 is 28.1 Å². The van der Waals surface area contributed by atoms with E-state index in [1.165, 1.54) is 124 Å². The van der Waals surface area contributed by atoms with Crippen LogP contribution in [0.5, 0.6) is 23.0 Å². The second-order valence-electron chi connectivity index (χ2n) is 28.1. The molecule has 0 saturated carbocycles. The number of phenols is 1. The predicted molar refractivity (Wildman–Crippen MR) is 407 cm³/mol. The van der Waals surface area contributed by atoms with E-state index in [9.17, 15) is 8.78 Å². The maximum atomic E-state index is 13.8. The Balaban J connectivity index is 0.000000243. The van der Waals surface area contributed by atoms with E-state index >= 15 is 0 Å². The number of hydrogen-bond acceptors (Lipinski definition) is 9. The van der Waals surface area contributed by atoms with E-state index in [1.807, 2.05) is 70.2 Å². The van der Waals surface area contributed by atoms with E-state index in [1.54, 1.807) is 31.3 Å². The van der Waals surface area contributed by atoms with Crippen molar-refractivity contribution in [2.75, 3.05) is 21.3 Å². The van der Waals surface area contributed by atoms with Gasteiger partial charge in [0.05, 0.1) is 44.3 Å². The Morgan fingerprint density at radius 1 is 0.582 bits per heavy atom. The van der Waals surface area contributed by atoms with E-state index in [0.717, 1.165) is 77.5 Å². The van der Waals surface area contributed by atoms with Gasteiger partial charge in [0, 0.05) is 49.5 Å². The first-order chi connectivity index (χ1) is 46.4. The largest absolute Gasteiger partial charge is 0.505 e. The molecule has 0 spiro atoms. The molecular formula is C81H109BrCl3F2N7O4. The van der Waals surface area contributed by atoms with Crippen molar-refractivity contribution in [1.29, 1.82) is 5.26 Å². The molecular weight excluding hydrogens is 1360 g/mol. The fourth-order valence-corrected chi connectivity index (χ4v) is 12.9. The van der Waals surface area contributed by atoms with Crippen LogP contribution in [0.15, 0.2) is 102 Å². The molecule has 6 aromatic carbocycles. The Morgan fingerprint density at radius 3 is 1.69 bits per heavy atom. The summed E-state index contributed by atoms with van der Waals surface area (Å²) in [5, 5.41) is 35.1. The highest BCUT2D eigenvalue weighted by atomic mass is 79.9. The van der Waals surface area contributed by atoms with Gasteiger partial charge in [0.2, 0.25) is 0 Å². The van der Waals surface area contributed by atoms with E-state index in [-0.39, 0.29) is 11.5 Å². The Bertz CT molecular complexity index is 3700. The van der Waals surface area contributed by atoms with Crippen LogP contribution in [0.25, 0.3) is 5.69 Å². The molecule has 2 aliphatic rings. The van der Waals surface area contributed by atoms with Crippen molar-refractivity contribution in [1.82, 2.24) is 30.3 Å². The number of fused-ring (bicyclic) bond motifs is 2. The molecule has 0 unspecified atom stereocenters. The number of H-pyrrole nitrogens is 1. The summed E-state index contributed by atoms with van der Waals surface area (Å²) in [5.74, 6) is 4.70. The van der Waals surface area contributed by atoms with Crippen LogP contribution in [-0.2, 0) is 70.9 Å². The molecule has 0 saturated heterocycles. The molecule has 534 valence electrons. The van der Waals surface area contributed by atoms with Crippen LogP contribution >= 0.6 is 50.7 Å². The van der Waals surface area contributed by atoms with Gasteiger partial charge in [-0.1, -0.05) is 166 Å². The first kappa shape index (κ1) is 83.9. The lowest BCUT2D eigenvalue weighted by Crippen LogP contribution is -2.04. The zero-order valence-corrected chi connectivity index (χ0v) is 65.5. The van der Waals surface area contributed by atoms with Gasteiger partial charge in [-0.25, -0.2) is 18.4 Å². The van der Waals surface area contributed by atoms with Crippen molar-refractivity contribution in [3.63, 3.8) is 0 Å². The molecule has 1 aliphatic heterocycles. The van der Waals surface area contributed by atoms with Crippen molar-refractivity contribution in [3.05, 3.63) is 207 Å². The maximum Gasteiger partial charge on any atom is 0.169 e. The highest BCUT2D eigenvalue weighted by Crippen LogP contribution is 2.33. The van der Waals surface area contributed by atoms with Crippen LogP contribution in [0.4, 0.5) is 8.78 Å². The van der Waals surface area contributed by atoms with Crippen LogP contribution in [0.2, 0.25) is 15.1 Å². The monoisotopic (exact) mass is 1470 g/mol. The van der Waals surface area contributed by atoms with Crippen molar-refractivity contribution in [2.24, 2.45) is 41.4 Å². The summed E-state index contributed by atoms with van der Waals surface area (Å²) < 4.78 is 45.5. The number of rotatable bonds is 18. The number of nitrogens with zero attached hydrogens (tertiary/aromatic N) is 5. The van der Waals surface area contributed by atoms with Gasteiger partial charge in [-0.05, 0) is 243 Å². The molecule has 0 amide bonds.